The van der Waals surface area contributed by atoms with Crippen molar-refractivity contribution < 1.29 is 0 Å². The van der Waals surface area contributed by atoms with Crippen molar-refractivity contribution in [3.63, 3.8) is 0 Å². The molecule has 84 valence electrons. The summed E-state index contributed by atoms with van der Waals surface area (Å²) in [6.07, 6.45) is 0. The lowest BCUT2D eigenvalue weighted by atomic mass is 10.1. The lowest BCUT2D eigenvalue weighted by molar-refractivity contribution is 0.704. The van der Waals surface area contributed by atoms with Crippen molar-refractivity contribution in [2.45, 2.75) is 6.04 Å². The molecule has 0 spiro atoms. The fraction of sp³-hybridized carbons (Fsp3) is 0.167. The Balaban J connectivity index is 2.44. The standard InChI is InChI=1S/C12H11Cl2NS/c1-15-12(11-3-2-6-16-11)9-7-8(13)4-5-10(9)14/h2-7,12,15H,1H3. The third-order valence-electron chi connectivity index (χ3n) is 2.39. The van der Waals surface area contributed by atoms with E-state index < -0.39 is 0 Å². The first kappa shape index (κ1) is 11.9. The molecule has 0 bridgehead atoms. The van der Waals surface area contributed by atoms with Crippen LogP contribution in [0, 0.1) is 0 Å². The Morgan fingerprint density at radius 1 is 1.25 bits per heavy atom. The molecule has 2 rings (SSSR count). The minimum atomic E-state index is 0.103. The zero-order valence-electron chi connectivity index (χ0n) is 8.71. The summed E-state index contributed by atoms with van der Waals surface area (Å²) in [7, 11) is 1.92. The Morgan fingerprint density at radius 3 is 2.69 bits per heavy atom. The van der Waals surface area contributed by atoms with Gasteiger partial charge in [0.25, 0.3) is 0 Å². The Bertz CT molecular complexity index is 468. The summed E-state index contributed by atoms with van der Waals surface area (Å²) in [5.41, 5.74) is 1.01. The summed E-state index contributed by atoms with van der Waals surface area (Å²) in [4.78, 5) is 1.23. The van der Waals surface area contributed by atoms with Gasteiger partial charge in [-0.3, -0.25) is 0 Å². The first-order chi connectivity index (χ1) is 7.72. The molecular formula is C12H11Cl2NS. The van der Waals surface area contributed by atoms with Crippen molar-refractivity contribution in [3.05, 3.63) is 56.2 Å². The molecule has 1 nitrogen and oxygen atoms in total. The van der Waals surface area contributed by atoms with Gasteiger partial charge in [-0.05, 0) is 42.3 Å². The van der Waals surface area contributed by atoms with Crippen LogP contribution < -0.4 is 5.32 Å². The van der Waals surface area contributed by atoms with Crippen molar-refractivity contribution in [2.24, 2.45) is 0 Å². The molecule has 0 saturated heterocycles. The van der Waals surface area contributed by atoms with Crippen LogP contribution in [-0.2, 0) is 0 Å². The summed E-state index contributed by atoms with van der Waals surface area (Å²) in [6.45, 7) is 0. The summed E-state index contributed by atoms with van der Waals surface area (Å²) < 4.78 is 0. The predicted molar refractivity (Wildman–Crippen MR) is 71.7 cm³/mol. The third kappa shape index (κ3) is 2.41. The quantitative estimate of drug-likeness (QED) is 0.875. The van der Waals surface area contributed by atoms with Crippen molar-refractivity contribution >= 4 is 34.5 Å². The number of thiophene rings is 1. The molecule has 16 heavy (non-hydrogen) atoms. The van der Waals surface area contributed by atoms with Gasteiger partial charge in [0, 0.05) is 14.9 Å². The maximum atomic E-state index is 6.19. The lowest BCUT2D eigenvalue weighted by Crippen LogP contribution is -2.16. The van der Waals surface area contributed by atoms with Crippen LogP contribution in [0.1, 0.15) is 16.5 Å². The minimum Gasteiger partial charge on any atom is -0.309 e. The summed E-state index contributed by atoms with van der Waals surface area (Å²) in [6, 6.07) is 9.76. The molecular weight excluding hydrogens is 261 g/mol. The highest BCUT2D eigenvalue weighted by Gasteiger charge is 2.16. The van der Waals surface area contributed by atoms with Crippen LogP contribution in [0.25, 0.3) is 0 Å². The number of halogens is 2. The zero-order chi connectivity index (χ0) is 11.5. The zero-order valence-corrected chi connectivity index (χ0v) is 11.0. The summed E-state index contributed by atoms with van der Waals surface area (Å²) in [5.74, 6) is 0. The van der Waals surface area contributed by atoms with Gasteiger partial charge >= 0.3 is 0 Å². The topological polar surface area (TPSA) is 12.0 Å². The molecule has 2 aromatic rings. The van der Waals surface area contributed by atoms with E-state index in [4.69, 9.17) is 23.2 Å². The van der Waals surface area contributed by atoms with Crippen LogP contribution in [0.15, 0.2) is 35.7 Å². The van der Waals surface area contributed by atoms with Crippen molar-refractivity contribution in [1.82, 2.24) is 5.32 Å². The van der Waals surface area contributed by atoms with Gasteiger partial charge in [0.05, 0.1) is 6.04 Å². The van der Waals surface area contributed by atoms with E-state index in [0.29, 0.717) is 5.02 Å². The van der Waals surface area contributed by atoms with Gasteiger partial charge in [-0.25, -0.2) is 0 Å². The molecule has 1 N–H and O–H groups in total. The second kappa shape index (κ2) is 5.19. The van der Waals surface area contributed by atoms with E-state index in [1.54, 1.807) is 17.4 Å². The van der Waals surface area contributed by atoms with Crippen LogP contribution in [0.4, 0.5) is 0 Å². The van der Waals surface area contributed by atoms with E-state index >= 15 is 0 Å². The van der Waals surface area contributed by atoms with Gasteiger partial charge in [-0.2, -0.15) is 0 Å². The van der Waals surface area contributed by atoms with Gasteiger partial charge in [-0.1, -0.05) is 29.3 Å². The van der Waals surface area contributed by atoms with Crippen LogP contribution in [0.2, 0.25) is 10.0 Å². The van der Waals surface area contributed by atoms with Crippen LogP contribution in [-0.4, -0.2) is 7.05 Å². The second-order valence-electron chi connectivity index (χ2n) is 3.40. The number of nitrogens with one attached hydrogen (secondary N) is 1. The highest BCUT2D eigenvalue weighted by Crippen LogP contribution is 2.32. The maximum absolute atomic E-state index is 6.19. The molecule has 0 fully saturated rings. The Morgan fingerprint density at radius 2 is 2.06 bits per heavy atom. The molecule has 1 unspecified atom stereocenters. The molecule has 1 heterocycles. The molecule has 0 aliphatic carbocycles. The van der Waals surface area contributed by atoms with Crippen molar-refractivity contribution in [1.29, 1.82) is 0 Å². The van der Waals surface area contributed by atoms with E-state index in [0.717, 1.165) is 10.6 Å². The summed E-state index contributed by atoms with van der Waals surface area (Å²) in [5, 5.41) is 6.75. The lowest BCUT2D eigenvalue weighted by Gasteiger charge is -2.16. The first-order valence-corrected chi connectivity index (χ1v) is 6.51. The highest BCUT2D eigenvalue weighted by molar-refractivity contribution is 7.10. The van der Waals surface area contributed by atoms with Crippen LogP contribution >= 0.6 is 34.5 Å². The van der Waals surface area contributed by atoms with E-state index in [1.165, 1.54) is 4.88 Å². The normalized spacial score (nSPS) is 12.7. The smallest absolute Gasteiger partial charge is 0.0683 e. The molecule has 0 aliphatic rings. The van der Waals surface area contributed by atoms with Gasteiger partial charge < -0.3 is 5.32 Å². The average molecular weight is 272 g/mol. The van der Waals surface area contributed by atoms with Crippen molar-refractivity contribution in [3.8, 4) is 0 Å². The fourth-order valence-corrected chi connectivity index (χ4v) is 2.90. The largest absolute Gasteiger partial charge is 0.309 e. The van der Waals surface area contributed by atoms with Gasteiger partial charge in [0.15, 0.2) is 0 Å². The fourth-order valence-electron chi connectivity index (χ4n) is 1.64. The van der Waals surface area contributed by atoms with Gasteiger partial charge in [-0.15, -0.1) is 11.3 Å². The third-order valence-corrected chi connectivity index (χ3v) is 3.90. The predicted octanol–water partition coefficient (Wildman–Crippen LogP) is 4.36. The number of benzene rings is 1. The molecule has 1 aromatic carbocycles. The van der Waals surface area contributed by atoms with Gasteiger partial charge in [0.2, 0.25) is 0 Å². The number of hydrogen-bond acceptors (Lipinski definition) is 2. The molecule has 0 saturated carbocycles. The van der Waals surface area contributed by atoms with E-state index in [9.17, 15) is 0 Å². The Hall–Kier alpha value is -0.540. The summed E-state index contributed by atoms with van der Waals surface area (Å²) >= 11 is 13.9. The van der Waals surface area contributed by atoms with Gasteiger partial charge in [0.1, 0.15) is 0 Å². The SMILES string of the molecule is CNC(c1cccs1)c1cc(Cl)ccc1Cl. The monoisotopic (exact) mass is 271 g/mol. The molecule has 1 aromatic heterocycles. The average Bonchev–Trinajstić information content (AvgIpc) is 2.78. The minimum absolute atomic E-state index is 0.103. The Labute approximate surface area is 109 Å². The van der Waals surface area contributed by atoms with Crippen LogP contribution in [0.5, 0.6) is 0 Å². The molecule has 4 heteroatoms. The van der Waals surface area contributed by atoms with Crippen LogP contribution in [0.3, 0.4) is 0 Å². The second-order valence-corrected chi connectivity index (χ2v) is 5.23. The van der Waals surface area contributed by atoms with Crippen molar-refractivity contribution in [2.75, 3.05) is 7.05 Å². The maximum Gasteiger partial charge on any atom is 0.0683 e. The number of hydrogen-bond donors (Lipinski definition) is 1. The van der Waals surface area contributed by atoms with E-state index in [1.807, 2.05) is 25.2 Å². The Kier molecular flexibility index (Phi) is 3.87. The molecule has 1 atom stereocenters. The van der Waals surface area contributed by atoms with E-state index in [-0.39, 0.29) is 6.04 Å². The molecule has 0 radical (unpaired) electrons. The highest BCUT2D eigenvalue weighted by atomic mass is 35.5. The molecule has 0 amide bonds. The first-order valence-electron chi connectivity index (χ1n) is 4.88. The number of rotatable bonds is 3. The molecule has 0 aliphatic heterocycles. The van der Waals surface area contributed by atoms with E-state index in [2.05, 4.69) is 16.8 Å².